The van der Waals surface area contributed by atoms with Gasteiger partial charge in [0.2, 0.25) is 0 Å². The number of Topliss-reactive ketones (excluding diaryl/α,β-unsaturated/α-hetero) is 1. The fraction of sp³-hybridized carbons (Fsp3) is 0.250. The topological polar surface area (TPSA) is 81.9 Å². The van der Waals surface area contributed by atoms with Crippen molar-refractivity contribution >= 4 is 27.4 Å². The Morgan fingerprint density at radius 1 is 1.04 bits per heavy atom. The molecule has 0 fully saturated rings. The normalized spacial score (nSPS) is 11.5. The number of rotatable bonds is 8. The Morgan fingerprint density at radius 2 is 1.71 bits per heavy atom. The molecule has 3 rings (SSSR count). The Labute approximate surface area is 168 Å². The molecule has 0 bridgehead atoms. The van der Waals surface area contributed by atoms with Gasteiger partial charge in [-0.1, -0.05) is 54.2 Å². The molecule has 1 heterocycles. The average Bonchev–Trinajstić information content (AvgIpc) is 3.07. The zero-order valence-corrected chi connectivity index (χ0v) is 17.3. The minimum Gasteiger partial charge on any atom is -0.306 e. The number of hydrogen-bond donors (Lipinski definition) is 0. The molecule has 8 heteroatoms. The zero-order chi connectivity index (χ0) is 20.1. The number of benzene rings is 2. The van der Waals surface area contributed by atoms with Gasteiger partial charge in [-0.3, -0.25) is 4.79 Å². The second kappa shape index (κ2) is 8.70. The summed E-state index contributed by atoms with van der Waals surface area (Å²) in [7, 11) is -3.27. The van der Waals surface area contributed by atoms with Crippen LogP contribution in [-0.2, 0) is 22.8 Å². The summed E-state index contributed by atoms with van der Waals surface area (Å²) < 4.78 is 25.1. The lowest BCUT2D eigenvalue weighted by Crippen LogP contribution is -2.07. The van der Waals surface area contributed by atoms with E-state index in [0.29, 0.717) is 17.1 Å². The lowest BCUT2D eigenvalue weighted by atomic mass is 10.1. The molecule has 3 aromatic rings. The van der Waals surface area contributed by atoms with Gasteiger partial charge in [0.05, 0.1) is 10.6 Å². The standard InChI is InChI=1S/C20H21N3O3S2/c1-3-23-19(13-15-7-5-4-6-8-15)21-22-20(23)27-14-18(24)16-9-11-17(12-10-16)28(2,25)26/h4-12H,3,13-14H2,1-2H3. The van der Waals surface area contributed by atoms with Gasteiger partial charge in [-0.05, 0) is 24.6 Å². The molecule has 0 saturated heterocycles. The van der Waals surface area contributed by atoms with E-state index in [0.717, 1.165) is 24.2 Å². The van der Waals surface area contributed by atoms with Gasteiger partial charge < -0.3 is 4.57 Å². The Balaban J connectivity index is 1.68. The summed E-state index contributed by atoms with van der Waals surface area (Å²) in [5.41, 5.74) is 1.63. The van der Waals surface area contributed by atoms with E-state index < -0.39 is 9.84 Å². The van der Waals surface area contributed by atoms with E-state index in [1.54, 1.807) is 12.1 Å². The van der Waals surface area contributed by atoms with Crippen LogP contribution in [0, 0.1) is 0 Å². The molecule has 0 saturated carbocycles. The van der Waals surface area contributed by atoms with Gasteiger partial charge in [0.15, 0.2) is 20.8 Å². The summed E-state index contributed by atoms with van der Waals surface area (Å²) >= 11 is 1.34. The van der Waals surface area contributed by atoms with Crippen molar-refractivity contribution in [2.24, 2.45) is 0 Å². The number of thioether (sulfide) groups is 1. The zero-order valence-electron chi connectivity index (χ0n) is 15.7. The minimum absolute atomic E-state index is 0.0830. The highest BCUT2D eigenvalue weighted by Crippen LogP contribution is 2.20. The number of sulfone groups is 1. The van der Waals surface area contributed by atoms with Crippen LogP contribution in [0.25, 0.3) is 0 Å². The first-order chi connectivity index (χ1) is 13.4. The van der Waals surface area contributed by atoms with Gasteiger partial charge in [-0.2, -0.15) is 0 Å². The van der Waals surface area contributed by atoms with Gasteiger partial charge in [0, 0.05) is 24.8 Å². The van der Waals surface area contributed by atoms with Crippen LogP contribution in [0.4, 0.5) is 0 Å². The van der Waals surface area contributed by atoms with E-state index in [4.69, 9.17) is 0 Å². The number of carbonyl (C=O) groups excluding carboxylic acids is 1. The van der Waals surface area contributed by atoms with Crippen LogP contribution >= 0.6 is 11.8 Å². The third-order valence-electron chi connectivity index (χ3n) is 4.25. The molecule has 0 radical (unpaired) electrons. The maximum atomic E-state index is 12.4. The molecule has 0 aliphatic heterocycles. The molecule has 1 aromatic heterocycles. The number of aromatic nitrogens is 3. The molecule has 6 nitrogen and oxygen atoms in total. The highest BCUT2D eigenvalue weighted by molar-refractivity contribution is 7.99. The van der Waals surface area contributed by atoms with Gasteiger partial charge in [-0.25, -0.2) is 8.42 Å². The van der Waals surface area contributed by atoms with Crippen molar-refractivity contribution in [2.75, 3.05) is 12.0 Å². The van der Waals surface area contributed by atoms with Crippen molar-refractivity contribution < 1.29 is 13.2 Å². The summed E-state index contributed by atoms with van der Waals surface area (Å²) in [5, 5.41) is 9.23. The highest BCUT2D eigenvalue weighted by atomic mass is 32.2. The smallest absolute Gasteiger partial charge is 0.191 e. The summed E-state index contributed by atoms with van der Waals surface area (Å²) in [5.74, 6) is 0.989. The molecule has 0 N–H and O–H groups in total. The number of hydrogen-bond acceptors (Lipinski definition) is 6. The van der Waals surface area contributed by atoms with Crippen molar-refractivity contribution in [2.45, 2.75) is 29.9 Å². The van der Waals surface area contributed by atoms with E-state index in [1.165, 1.54) is 23.9 Å². The summed E-state index contributed by atoms with van der Waals surface area (Å²) in [4.78, 5) is 12.7. The maximum Gasteiger partial charge on any atom is 0.191 e. The molecule has 0 unspecified atom stereocenters. The third-order valence-corrected chi connectivity index (χ3v) is 6.35. The van der Waals surface area contributed by atoms with Crippen LogP contribution in [0.2, 0.25) is 0 Å². The van der Waals surface area contributed by atoms with Crippen LogP contribution in [-0.4, -0.2) is 41.0 Å². The van der Waals surface area contributed by atoms with E-state index >= 15 is 0 Å². The molecule has 28 heavy (non-hydrogen) atoms. The first kappa shape index (κ1) is 20.3. The van der Waals surface area contributed by atoms with E-state index in [9.17, 15) is 13.2 Å². The molecule has 0 spiro atoms. The number of ketones is 1. The van der Waals surface area contributed by atoms with Crippen molar-refractivity contribution in [1.82, 2.24) is 14.8 Å². The second-order valence-corrected chi connectivity index (χ2v) is 9.27. The lowest BCUT2D eigenvalue weighted by molar-refractivity contribution is 0.102. The van der Waals surface area contributed by atoms with E-state index in [1.807, 2.05) is 41.8 Å². The molecule has 0 aliphatic rings. The summed E-state index contributed by atoms with van der Waals surface area (Å²) in [6.07, 6.45) is 1.83. The van der Waals surface area contributed by atoms with Crippen LogP contribution in [0.1, 0.15) is 28.7 Å². The minimum atomic E-state index is -3.27. The number of nitrogens with zero attached hydrogens (tertiary/aromatic N) is 3. The van der Waals surface area contributed by atoms with Crippen LogP contribution in [0.5, 0.6) is 0 Å². The van der Waals surface area contributed by atoms with Crippen LogP contribution < -0.4 is 0 Å². The summed E-state index contributed by atoms with van der Waals surface area (Å²) in [6.45, 7) is 2.74. The molecule has 0 amide bonds. The second-order valence-electron chi connectivity index (χ2n) is 6.31. The lowest BCUT2D eigenvalue weighted by Gasteiger charge is -2.07. The largest absolute Gasteiger partial charge is 0.306 e. The van der Waals surface area contributed by atoms with Crippen molar-refractivity contribution in [3.05, 3.63) is 71.5 Å². The molecular weight excluding hydrogens is 394 g/mol. The van der Waals surface area contributed by atoms with Crippen molar-refractivity contribution in [3.8, 4) is 0 Å². The quantitative estimate of drug-likeness (QED) is 0.415. The molecule has 2 aromatic carbocycles. The van der Waals surface area contributed by atoms with Crippen LogP contribution in [0.3, 0.4) is 0 Å². The van der Waals surface area contributed by atoms with Gasteiger partial charge >= 0.3 is 0 Å². The molecule has 146 valence electrons. The Kier molecular flexibility index (Phi) is 6.31. The Hall–Kier alpha value is -2.45. The first-order valence-corrected chi connectivity index (χ1v) is 11.7. The molecule has 0 atom stereocenters. The molecular formula is C20H21N3O3S2. The maximum absolute atomic E-state index is 12.4. The van der Waals surface area contributed by atoms with Crippen molar-refractivity contribution in [1.29, 1.82) is 0 Å². The SMILES string of the molecule is CCn1c(Cc2ccccc2)nnc1SCC(=O)c1ccc(S(C)(=O)=O)cc1. The fourth-order valence-corrected chi connectivity index (χ4v) is 4.30. The first-order valence-electron chi connectivity index (χ1n) is 8.80. The van der Waals surface area contributed by atoms with Gasteiger partial charge in [0.1, 0.15) is 5.82 Å². The van der Waals surface area contributed by atoms with Crippen LogP contribution in [0.15, 0.2) is 64.6 Å². The Bertz CT molecular complexity index is 1060. The Morgan fingerprint density at radius 3 is 2.32 bits per heavy atom. The highest BCUT2D eigenvalue weighted by Gasteiger charge is 2.15. The monoisotopic (exact) mass is 415 g/mol. The predicted molar refractivity (Wildman–Crippen MR) is 110 cm³/mol. The third kappa shape index (κ3) is 4.88. The fourth-order valence-electron chi connectivity index (χ4n) is 2.75. The van der Waals surface area contributed by atoms with E-state index in [-0.39, 0.29) is 16.4 Å². The number of carbonyl (C=O) groups is 1. The van der Waals surface area contributed by atoms with Crippen molar-refractivity contribution in [3.63, 3.8) is 0 Å². The van der Waals surface area contributed by atoms with E-state index in [2.05, 4.69) is 10.2 Å². The predicted octanol–water partition coefficient (Wildman–Crippen LogP) is 3.27. The molecule has 0 aliphatic carbocycles. The van der Waals surface area contributed by atoms with Gasteiger partial charge in [0.25, 0.3) is 0 Å². The van der Waals surface area contributed by atoms with Gasteiger partial charge in [-0.15, -0.1) is 10.2 Å². The average molecular weight is 416 g/mol. The summed E-state index contributed by atoms with van der Waals surface area (Å²) in [6, 6.07) is 16.1.